The maximum atomic E-state index is 9.72. The summed E-state index contributed by atoms with van der Waals surface area (Å²) in [5.41, 5.74) is 1.35. The van der Waals surface area contributed by atoms with Crippen molar-refractivity contribution in [2.45, 2.75) is 5.92 Å². The topological polar surface area (TPSA) is 94.1 Å². The highest BCUT2D eigenvalue weighted by molar-refractivity contribution is 5.50. The van der Waals surface area contributed by atoms with Crippen molar-refractivity contribution in [3.8, 4) is 23.0 Å². The first-order valence-electron chi connectivity index (χ1n) is 6.63. The van der Waals surface area contributed by atoms with Gasteiger partial charge >= 0.3 is 0 Å². The normalized spacial score (nSPS) is 11.0. The van der Waals surface area contributed by atoms with E-state index in [1.54, 1.807) is 24.3 Å². The molecule has 0 aliphatic carbocycles. The zero-order chi connectivity index (χ0) is 15.7. The summed E-state index contributed by atoms with van der Waals surface area (Å²) >= 11 is 0. The third-order valence-electron chi connectivity index (χ3n) is 3.49. The molecule has 4 N–H and O–H groups in total. The molecule has 0 spiro atoms. The van der Waals surface area contributed by atoms with Crippen molar-refractivity contribution in [3.63, 3.8) is 0 Å². The lowest BCUT2D eigenvalue weighted by Gasteiger charge is -2.17. The van der Waals surface area contributed by atoms with Crippen LogP contribution in [0.5, 0.6) is 23.0 Å². The molecule has 0 aliphatic rings. The molecule has 22 heavy (non-hydrogen) atoms. The zero-order valence-electron chi connectivity index (χ0n) is 11.5. The Bertz CT molecular complexity index is 741. The van der Waals surface area contributed by atoms with Crippen molar-refractivity contribution in [1.29, 1.82) is 0 Å². The van der Waals surface area contributed by atoms with Gasteiger partial charge in [-0.2, -0.15) is 0 Å². The predicted octanol–water partition coefficient (Wildman–Crippen LogP) is 3.28. The van der Waals surface area contributed by atoms with Crippen LogP contribution in [0.1, 0.15) is 22.8 Å². The fourth-order valence-corrected chi connectivity index (χ4v) is 2.42. The lowest BCUT2D eigenvalue weighted by molar-refractivity contribution is 0.401. The van der Waals surface area contributed by atoms with Crippen LogP contribution in [-0.2, 0) is 0 Å². The molecule has 1 aromatic heterocycles. The van der Waals surface area contributed by atoms with Crippen molar-refractivity contribution < 1.29 is 24.8 Å². The largest absolute Gasteiger partial charge is 0.504 e. The van der Waals surface area contributed by atoms with E-state index in [1.807, 2.05) is 0 Å². The first kappa shape index (κ1) is 13.9. The summed E-state index contributed by atoms with van der Waals surface area (Å²) in [5, 5.41) is 38.4. The molecule has 0 aliphatic heterocycles. The van der Waals surface area contributed by atoms with E-state index in [0.717, 1.165) is 0 Å². The lowest BCUT2D eigenvalue weighted by atomic mass is 9.88. The Labute approximate surface area is 126 Å². The third kappa shape index (κ3) is 2.44. The quantitative estimate of drug-likeness (QED) is 0.557. The van der Waals surface area contributed by atoms with Gasteiger partial charge in [-0.05, 0) is 47.5 Å². The Morgan fingerprint density at radius 3 is 1.64 bits per heavy atom. The van der Waals surface area contributed by atoms with Gasteiger partial charge in [0.25, 0.3) is 0 Å². The van der Waals surface area contributed by atoms with Crippen LogP contribution >= 0.6 is 0 Å². The number of rotatable bonds is 3. The molecule has 5 nitrogen and oxygen atoms in total. The van der Waals surface area contributed by atoms with Gasteiger partial charge in [-0.15, -0.1) is 0 Å². The highest BCUT2D eigenvalue weighted by atomic mass is 16.3. The predicted molar refractivity (Wildman–Crippen MR) is 79.2 cm³/mol. The monoisotopic (exact) mass is 298 g/mol. The molecule has 0 bridgehead atoms. The molecule has 0 unspecified atom stereocenters. The van der Waals surface area contributed by atoms with Crippen LogP contribution < -0.4 is 0 Å². The smallest absolute Gasteiger partial charge is 0.157 e. The van der Waals surface area contributed by atoms with E-state index in [1.165, 1.54) is 30.5 Å². The van der Waals surface area contributed by atoms with Crippen LogP contribution in [-0.4, -0.2) is 20.4 Å². The van der Waals surface area contributed by atoms with E-state index in [4.69, 9.17) is 4.42 Å². The lowest BCUT2D eigenvalue weighted by Crippen LogP contribution is -2.02. The van der Waals surface area contributed by atoms with Crippen LogP contribution in [0, 0.1) is 0 Å². The van der Waals surface area contributed by atoms with Crippen LogP contribution in [0.25, 0.3) is 0 Å². The maximum Gasteiger partial charge on any atom is 0.157 e. The Kier molecular flexibility index (Phi) is 3.39. The minimum atomic E-state index is -0.395. The zero-order valence-corrected chi connectivity index (χ0v) is 11.5. The second-order valence-electron chi connectivity index (χ2n) is 4.94. The highest BCUT2D eigenvalue weighted by Gasteiger charge is 2.21. The van der Waals surface area contributed by atoms with Crippen LogP contribution in [0.15, 0.2) is 59.2 Å². The standard InChI is InChI=1S/C17H14O5/c18-12-5-3-10(8-14(12)20)17(16-2-1-7-22-16)11-4-6-13(19)15(21)9-11/h1-9,17-21H. The van der Waals surface area contributed by atoms with Crippen molar-refractivity contribution in [3.05, 3.63) is 71.7 Å². The summed E-state index contributed by atoms with van der Waals surface area (Å²) < 4.78 is 5.46. The molecule has 112 valence electrons. The molecule has 1 heterocycles. The minimum absolute atomic E-state index is 0.213. The van der Waals surface area contributed by atoms with Gasteiger partial charge in [-0.3, -0.25) is 0 Å². The van der Waals surface area contributed by atoms with Gasteiger partial charge in [-0.25, -0.2) is 0 Å². The summed E-state index contributed by atoms with van der Waals surface area (Å²) in [4.78, 5) is 0. The minimum Gasteiger partial charge on any atom is -0.504 e. The van der Waals surface area contributed by atoms with Gasteiger partial charge in [0, 0.05) is 0 Å². The van der Waals surface area contributed by atoms with E-state index < -0.39 is 5.92 Å². The van der Waals surface area contributed by atoms with Crippen LogP contribution in [0.4, 0.5) is 0 Å². The molecule has 0 atom stereocenters. The van der Waals surface area contributed by atoms with E-state index in [2.05, 4.69) is 0 Å². The molecular weight excluding hydrogens is 284 g/mol. The summed E-state index contributed by atoms with van der Waals surface area (Å²) in [6, 6.07) is 12.5. The summed E-state index contributed by atoms with van der Waals surface area (Å²) in [6.45, 7) is 0. The van der Waals surface area contributed by atoms with Gasteiger partial charge < -0.3 is 24.8 Å². The average molecular weight is 298 g/mol. The molecule has 0 fully saturated rings. The number of furan rings is 1. The van der Waals surface area contributed by atoms with Crippen LogP contribution in [0.3, 0.4) is 0 Å². The SMILES string of the molecule is Oc1ccc(C(c2ccc(O)c(O)c2)c2ccco2)cc1O. The summed E-state index contributed by atoms with van der Waals surface area (Å²) in [7, 11) is 0. The molecule has 3 aromatic rings. The first-order valence-corrected chi connectivity index (χ1v) is 6.63. The van der Waals surface area contributed by atoms with Crippen molar-refractivity contribution in [2.24, 2.45) is 0 Å². The molecule has 3 rings (SSSR count). The Balaban J connectivity index is 2.15. The Morgan fingerprint density at radius 2 is 1.23 bits per heavy atom. The van der Waals surface area contributed by atoms with E-state index >= 15 is 0 Å². The number of phenols is 4. The molecule has 0 saturated carbocycles. The Morgan fingerprint density at radius 1 is 0.682 bits per heavy atom. The van der Waals surface area contributed by atoms with E-state index in [-0.39, 0.29) is 23.0 Å². The fourth-order valence-electron chi connectivity index (χ4n) is 2.42. The maximum absolute atomic E-state index is 9.72. The number of phenolic OH excluding ortho intramolecular Hbond substituents is 4. The number of benzene rings is 2. The average Bonchev–Trinajstić information content (AvgIpc) is 3.01. The summed E-state index contributed by atoms with van der Waals surface area (Å²) in [5.74, 6) is -0.691. The highest BCUT2D eigenvalue weighted by Crippen LogP contribution is 2.38. The number of hydrogen-bond acceptors (Lipinski definition) is 5. The van der Waals surface area contributed by atoms with Gasteiger partial charge in [0.15, 0.2) is 23.0 Å². The molecule has 0 radical (unpaired) electrons. The number of hydrogen-bond donors (Lipinski definition) is 4. The molecular formula is C17H14O5. The van der Waals surface area contributed by atoms with Gasteiger partial charge in [0.1, 0.15) is 5.76 Å². The van der Waals surface area contributed by atoms with Gasteiger partial charge in [-0.1, -0.05) is 12.1 Å². The molecule has 0 saturated heterocycles. The van der Waals surface area contributed by atoms with Crippen molar-refractivity contribution in [2.75, 3.05) is 0 Å². The van der Waals surface area contributed by atoms with E-state index in [0.29, 0.717) is 16.9 Å². The van der Waals surface area contributed by atoms with Gasteiger partial charge in [0.05, 0.1) is 12.2 Å². The van der Waals surface area contributed by atoms with Crippen LogP contribution in [0.2, 0.25) is 0 Å². The first-order chi connectivity index (χ1) is 10.6. The van der Waals surface area contributed by atoms with Crippen molar-refractivity contribution >= 4 is 0 Å². The van der Waals surface area contributed by atoms with Gasteiger partial charge in [0.2, 0.25) is 0 Å². The number of aromatic hydroxyl groups is 4. The second-order valence-corrected chi connectivity index (χ2v) is 4.94. The van der Waals surface area contributed by atoms with E-state index in [9.17, 15) is 20.4 Å². The molecule has 2 aromatic carbocycles. The Hall–Kier alpha value is -3.08. The fraction of sp³-hybridized carbons (Fsp3) is 0.0588. The third-order valence-corrected chi connectivity index (χ3v) is 3.49. The van der Waals surface area contributed by atoms with Crippen molar-refractivity contribution in [1.82, 2.24) is 0 Å². The molecule has 5 heteroatoms. The second kappa shape index (κ2) is 5.37. The summed E-state index contributed by atoms with van der Waals surface area (Å²) in [6.07, 6.45) is 1.53. The molecule has 0 amide bonds.